The summed E-state index contributed by atoms with van der Waals surface area (Å²) in [4.78, 5) is 2.15. The van der Waals surface area contributed by atoms with Gasteiger partial charge in [0.2, 0.25) is 0 Å². The molecule has 1 saturated carbocycles. The molecular formula is C12H23N3. The largest absolute Gasteiger partial charge is 0.308 e. The molecule has 0 aromatic heterocycles. The average Bonchev–Trinajstić information content (AvgIpc) is 2.44. The summed E-state index contributed by atoms with van der Waals surface area (Å²) in [5, 5.41) is 12.8. The van der Waals surface area contributed by atoms with E-state index in [0.29, 0.717) is 0 Å². The lowest BCUT2D eigenvalue weighted by molar-refractivity contribution is 0.328. The highest BCUT2D eigenvalue weighted by molar-refractivity contribution is 5.07. The predicted octanol–water partition coefficient (Wildman–Crippen LogP) is 1.75. The fourth-order valence-corrected chi connectivity index (χ4v) is 2.18. The van der Waals surface area contributed by atoms with Gasteiger partial charge in [-0.15, -0.1) is 0 Å². The Balaban J connectivity index is 2.41. The van der Waals surface area contributed by atoms with Gasteiger partial charge < -0.3 is 4.90 Å². The molecule has 0 amide bonds. The van der Waals surface area contributed by atoms with Gasteiger partial charge in [0.05, 0.1) is 6.07 Å². The minimum Gasteiger partial charge on any atom is -0.308 e. The fourth-order valence-electron chi connectivity index (χ4n) is 2.18. The average molecular weight is 209 g/mol. The third kappa shape index (κ3) is 4.19. The van der Waals surface area contributed by atoms with Gasteiger partial charge >= 0.3 is 0 Å². The van der Waals surface area contributed by atoms with Crippen molar-refractivity contribution in [1.29, 1.82) is 5.26 Å². The van der Waals surface area contributed by atoms with Gasteiger partial charge in [0.25, 0.3) is 0 Å². The topological polar surface area (TPSA) is 39.1 Å². The summed E-state index contributed by atoms with van der Waals surface area (Å²) in [5.41, 5.74) is -0.230. The summed E-state index contributed by atoms with van der Waals surface area (Å²) in [6, 6.07) is 2.50. The lowest BCUT2D eigenvalue weighted by Gasteiger charge is -2.27. The van der Waals surface area contributed by atoms with Crippen molar-refractivity contribution >= 4 is 0 Å². The third-order valence-corrected chi connectivity index (χ3v) is 3.19. The first kappa shape index (κ1) is 12.5. The number of nitriles is 1. The molecule has 0 spiro atoms. The monoisotopic (exact) mass is 209 g/mol. The zero-order valence-electron chi connectivity index (χ0n) is 10.1. The Kier molecular flexibility index (Phi) is 5.07. The van der Waals surface area contributed by atoms with E-state index in [1.54, 1.807) is 0 Å². The van der Waals surface area contributed by atoms with E-state index in [0.717, 1.165) is 25.9 Å². The molecule has 1 N–H and O–H groups in total. The summed E-state index contributed by atoms with van der Waals surface area (Å²) >= 11 is 0. The van der Waals surface area contributed by atoms with Crippen LogP contribution < -0.4 is 5.32 Å². The molecular weight excluding hydrogens is 186 g/mol. The molecule has 86 valence electrons. The molecule has 1 aliphatic carbocycles. The number of hydrogen-bond donors (Lipinski definition) is 1. The minimum atomic E-state index is -0.230. The lowest BCUT2D eigenvalue weighted by Crippen LogP contribution is -2.46. The second-order valence-electron chi connectivity index (χ2n) is 4.84. The maximum atomic E-state index is 9.31. The molecule has 0 aromatic carbocycles. The standard InChI is InChI=1S/C12H23N3/c1-15(2)10-9-14-12(11-13)7-5-3-4-6-8-12/h14H,3-10H2,1-2H3. The molecule has 0 bridgehead atoms. The zero-order valence-corrected chi connectivity index (χ0v) is 10.1. The molecule has 3 heteroatoms. The molecule has 0 aromatic rings. The van der Waals surface area contributed by atoms with Crippen LogP contribution in [0.15, 0.2) is 0 Å². The van der Waals surface area contributed by atoms with E-state index in [2.05, 4.69) is 30.4 Å². The quantitative estimate of drug-likeness (QED) is 0.717. The summed E-state index contributed by atoms with van der Waals surface area (Å²) in [5.74, 6) is 0. The Morgan fingerprint density at radius 3 is 2.27 bits per heavy atom. The number of likely N-dealkylation sites (N-methyl/N-ethyl adjacent to an activating group) is 1. The van der Waals surface area contributed by atoms with E-state index < -0.39 is 0 Å². The smallest absolute Gasteiger partial charge is 0.106 e. The molecule has 15 heavy (non-hydrogen) atoms. The normalized spacial score (nSPS) is 20.9. The molecule has 0 heterocycles. The molecule has 0 unspecified atom stereocenters. The van der Waals surface area contributed by atoms with Gasteiger partial charge in [-0.1, -0.05) is 25.7 Å². The first-order chi connectivity index (χ1) is 7.18. The molecule has 1 fully saturated rings. The van der Waals surface area contributed by atoms with Crippen LogP contribution in [0.1, 0.15) is 38.5 Å². The van der Waals surface area contributed by atoms with Gasteiger partial charge in [0.1, 0.15) is 5.54 Å². The highest BCUT2D eigenvalue weighted by atomic mass is 15.1. The van der Waals surface area contributed by atoms with Gasteiger partial charge in [-0.3, -0.25) is 5.32 Å². The third-order valence-electron chi connectivity index (χ3n) is 3.19. The van der Waals surface area contributed by atoms with Gasteiger partial charge in [-0.05, 0) is 26.9 Å². The maximum Gasteiger partial charge on any atom is 0.106 e. The second-order valence-corrected chi connectivity index (χ2v) is 4.84. The lowest BCUT2D eigenvalue weighted by atomic mass is 9.92. The Hall–Kier alpha value is -0.590. The van der Waals surface area contributed by atoms with E-state index in [9.17, 15) is 5.26 Å². The zero-order chi connectivity index (χ0) is 11.1. The van der Waals surface area contributed by atoms with Crippen LogP contribution in [0.25, 0.3) is 0 Å². The summed E-state index contributed by atoms with van der Waals surface area (Å²) in [6.45, 7) is 1.92. The molecule has 0 atom stereocenters. The van der Waals surface area contributed by atoms with Crippen LogP contribution in [0, 0.1) is 11.3 Å². The van der Waals surface area contributed by atoms with Crippen molar-refractivity contribution in [1.82, 2.24) is 10.2 Å². The Bertz CT molecular complexity index is 209. The van der Waals surface area contributed by atoms with Crippen LogP contribution in [0.3, 0.4) is 0 Å². The summed E-state index contributed by atoms with van der Waals surface area (Å²) < 4.78 is 0. The number of nitrogens with zero attached hydrogens (tertiary/aromatic N) is 2. The van der Waals surface area contributed by atoms with Gasteiger partial charge in [0.15, 0.2) is 0 Å². The maximum absolute atomic E-state index is 9.31. The van der Waals surface area contributed by atoms with Gasteiger partial charge in [0, 0.05) is 13.1 Å². The minimum absolute atomic E-state index is 0.230. The van der Waals surface area contributed by atoms with Crippen molar-refractivity contribution < 1.29 is 0 Å². The Labute approximate surface area is 93.5 Å². The van der Waals surface area contributed by atoms with Crippen LogP contribution >= 0.6 is 0 Å². The predicted molar refractivity (Wildman–Crippen MR) is 62.6 cm³/mol. The molecule has 0 saturated heterocycles. The second kappa shape index (κ2) is 6.09. The number of hydrogen-bond acceptors (Lipinski definition) is 3. The van der Waals surface area contributed by atoms with Crippen molar-refractivity contribution in [2.45, 2.75) is 44.1 Å². The van der Waals surface area contributed by atoms with Crippen molar-refractivity contribution in [3.05, 3.63) is 0 Å². The number of rotatable bonds is 4. The summed E-state index contributed by atoms with van der Waals surface area (Å²) in [7, 11) is 4.13. The van der Waals surface area contributed by atoms with Crippen molar-refractivity contribution in [2.24, 2.45) is 0 Å². The van der Waals surface area contributed by atoms with E-state index in [1.807, 2.05) is 0 Å². The van der Waals surface area contributed by atoms with Crippen LogP contribution in [-0.2, 0) is 0 Å². The molecule has 1 aliphatic rings. The fraction of sp³-hybridized carbons (Fsp3) is 0.917. The van der Waals surface area contributed by atoms with Crippen LogP contribution in [0.2, 0.25) is 0 Å². The van der Waals surface area contributed by atoms with Gasteiger partial charge in [-0.25, -0.2) is 0 Å². The van der Waals surface area contributed by atoms with Crippen molar-refractivity contribution in [2.75, 3.05) is 27.2 Å². The van der Waals surface area contributed by atoms with Crippen molar-refractivity contribution in [3.8, 4) is 6.07 Å². The van der Waals surface area contributed by atoms with Crippen LogP contribution in [-0.4, -0.2) is 37.6 Å². The van der Waals surface area contributed by atoms with Gasteiger partial charge in [-0.2, -0.15) is 5.26 Å². The van der Waals surface area contributed by atoms with E-state index in [-0.39, 0.29) is 5.54 Å². The van der Waals surface area contributed by atoms with Crippen LogP contribution in [0.4, 0.5) is 0 Å². The number of nitrogens with one attached hydrogen (secondary N) is 1. The molecule has 3 nitrogen and oxygen atoms in total. The van der Waals surface area contributed by atoms with E-state index in [4.69, 9.17) is 0 Å². The SMILES string of the molecule is CN(C)CCNC1(C#N)CCCCCC1. The van der Waals surface area contributed by atoms with Crippen molar-refractivity contribution in [3.63, 3.8) is 0 Å². The highest BCUT2D eigenvalue weighted by Gasteiger charge is 2.29. The molecule has 1 rings (SSSR count). The van der Waals surface area contributed by atoms with E-state index in [1.165, 1.54) is 25.7 Å². The van der Waals surface area contributed by atoms with Crippen LogP contribution in [0.5, 0.6) is 0 Å². The summed E-state index contributed by atoms with van der Waals surface area (Å²) in [6.07, 6.45) is 7.02. The van der Waals surface area contributed by atoms with E-state index >= 15 is 0 Å². The molecule has 0 radical (unpaired) electrons. The Morgan fingerprint density at radius 1 is 1.20 bits per heavy atom. The first-order valence-corrected chi connectivity index (χ1v) is 5.99. The molecule has 0 aliphatic heterocycles. The highest BCUT2D eigenvalue weighted by Crippen LogP contribution is 2.26. The first-order valence-electron chi connectivity index (χ1n) is 5.99. The Morgan fingerprint density at radius 2 is 1.80 bits per heavy atom.